The molecule has 2 aliphatic rings. The van der Waals surface area contributed by atoms with Crippen molar-refractivity contribution >= 4 is 11.6 Å². The molecule has 2 heterocycles. The van der Waals surface area contributed by atoms with Crippen LogP contribution in [0.2, 0.25) is 0 Å². The van der Waals surface area contributed by atoms with Gasteiger partial charge in [0.1, 0.15) is 6.17 Å². The first-order chi connectivity index (χ1) is 11.3. The standard InChI is InChI=1S/C19H20N2O2/c22-19-16-10-4-5-11-17(16)20-18(14-7-2-1-3-8-14)21(19)13-15-9-6-12-23-15/h1-5,7-8,10-11,15,18,20H,6,9,12-13H2/t15-,18+/m0/s1. The molecule has 0 aromatic heterocycles. The molecule has 0 saturated carbocycles. The van der Waals surface area contributed by atoms with Crippen molar-refractivity contribution in [3.63, 3.8) is 0 Å². The second kappa shape index (κ2) is 6.05. The second-order valence-corrected chi connectivity index (χ2v) is 6.10. The topological polar surface area (TPSA) is 41.6 Å². The molecule has 1 amide bonds. The fraction of sp³-hybridized carbons (Fsp3) is 0.316. The number of benzene rings is 2. The van der Waals surface area contributed by atoms with E-state index < -0.39 is 0 Å². The lowest BCUT2D eigenvalue weighted by atomic mass is 10.0. The molecule has 0 spiro atoms. The van der Waals surface area contributed by atoms with Gasteiger partial charge in [0, 0.05) is 18.8 Å². The molecule has 0 bridgehead atoms. The van der Waals surface area contributed by atoms with Crippen LogP contribution in [-0.4, -0.2) is 30.1 Å². The maximum atomic E-state index is 13.0. The SMILES string of the molecule is O=C1c2ccccc2N[C@@H](c2ccccc2)N1C[C@@H]1CCCO1. The van der Waals surface area contributed by atoms with Gasteiger partial charge >= 0.3 is 0 Å². The zero-order valence-corrected chi connectivity index (χ0v) is 12.9. The van der Waals surface area contributed by atoms with Gasteiger partial charge in [0.2, 0.25) is 0 Å². The van der Waals surface area contributed by atoms with Crippen molar-refractivity contribution in [1.29, 1.82) is 0 Å². The Bertz CT molecular complexity index is 696. The van der Waals surface area contributed by atoms with E-state index in [0.717, 1.165) is 36.3 Å². The molecule has 2 aromatic carbocycles. The largest absolute Gasteiger partial charge is 0.376 e. The average molecular weight is 308 g/mol. The van der Waals surface area contributed by atoms with E-state index in [1.54, 1.807) is 0 Å². The molecule has 1 saturated heterocycles. The highest BCUT2D eigenvalue weighted by molar-refractivity contribution is 6.01. The van der Waals surface area contributed by atoms with E-state index in [9.17, 15) is 4.79 Å². The van der Waals surface area contributed by atoms with Crippen LogP contribution in [0, 0.1) is 0 Å². The van der Waals surface area contributed by atoms with E-state index in [1.807, 2.05) is 47.4 Å². The Morgan fingerprint density at radius 1 is 1.09 bits per heavy atom. The summed E-state index contributed by atoms with van der Waals surface area (Å²) in [5.74, 6) is 0.0729. The van der Waals surface area contributed by atoms with Gasteiger partial charge in [-0.15, -0.1) is 0 Å². The van der Waals surface area contributed by atoms with Crippen molar-refractivity contribution in [2.45, 2.75) is 25.1 Å². The summed E-state index contributed by atoms with van der Waals surface area (Å²) in [7, 11) is 0. The number of rotatable bonds is 3. The van der Waals surface area contributed by atoms with Crippen LogP contribution in [-0.2, 0) is 4.74 Å². The molecule has 4 rings (SSSR count). The van der Waals surface area contributed by atoms with E-state index in [4.69, 9.17) is 4.74 Å². The van der Waals surface area contributed by atoms with Crippen LogP contribution >= 0.6 is 0 Å². The first kappa shape index (κ1) is 14.3. The predicted octanol–water partition coefficient (Wildman–Crippen LogP) is 3.43. The molecule has 1 N–H and O–H groups in total. The Hall–Kier alpha value is -2.33. The van der Waals surface area contributed by atoms with Crippen LogP contribution in [0.4, 0.5) is 5.69 Å². The van der Waals surface area contributed by atoms with E-state index in [2.05, 4.69) is 17.4 Å². The number of carbonyl (C=O) groups excluding carboxylic acids is 1. The third kappa shape index (κ3) is 2.70. The Morgan fingerprint density at radius 2 is 1.87 bits per heavy atom. The summed E-state index contributed by atoms with van der Waals surface area (Å²) in [5.41, 5.74) is 2.72. The molecule has 1 fully saturated rings. The number of para-hydroxylation sites is 1. The summed E-state index contributed by atoms with van der Waals surface area (Å²) >= 11 is 0. The first-order valence-electron chi connectivity index (χ1n) is 8.16. The van der Waals surface area contributed by atoms with Gasteiger partial charge in [-0.1, -0.05) is 42.5 Å². The Kier molecular flexibility index (Phi) is 3.75. The average Bonchev–Trinajstić information content (AvgIpc) is 3.11. The van der Waals surface area contributed by atoms with Gasteiger partial charge in [-0.25, -0.2) is 0 Å². The fourth-order valence-electron chi connectivity index (χ4n) is 3.39. The van der Waals surface area contributed by atoms with Crippen molar-refractivity contribution in [3.8, 4) is 0 Å². The zero-order chi connectivity index (χ0) is 15.6. The Labute approximate surface area is 136 Å². The molecule has 2 aliphatic heterocycles. The third-order valence-corrected chi connectivity index (χ3v) is 4.56. The number of carbonyl (C=O) groups is 1. The van der Waals surface area contributed by atoms with Gasteiger partial charge in [0.15, 0.2) is 0 Å². The van der Waals surface area contributed by atoms with E-state index in [-0.39, 0.29) is 18.2 Å². The maximum Gasteiger partial charge on any atom is 0.257 e. The van der Waals surface area contributed by atoms with E-state index >= 15 is 0 Å². The predicted molar refractivity (Wildman–Crippen MR) is 89.3 cm³/mol. The van der Waals surface area contributed by atoms with Crippen LogP contribution in [0.25, 0.3) is 0 Å². The number of ether oxygens (including phenoxy) is 1. The Morgan fingerprint density at radius 3 is 2.65 bits per heavy atom. The van der Waals surface area contributed by atoms with Crippen LogP contribution in [0.15, 0.2) is 54.6 Å². The third-order valence-electron chi connectivity index (χ3n) is 4.56. The van der Waals surface area contributed by atoms with Crippen LogP contribution < -0.4 is 5.32 Å². The van der Waals surface area contributed by atoms with Crippen molar-refractivity contribution in [2.24, 2.45) is 0 Å². The molecule has 4 heteroatoms. The minimum atomic E-state index is -0.150. The number of hydrogen-bond donors (Lipinski definition) is 1. The molecule has 118 valence electrons. The lowest BCUT2D eigenvalue weighted by molar-refractivity contribution is 0.0427. The number of nitrogens with one attached hydrogen (secondary N) is 1. The fourth-order valence-corrected chi connectivity index (χ4v) is 3.39. The van der Waals surface area contributed by atoms with Crippen LogP contribution in [0.1, 0.15) is 34.9 Å². The molecular weight excluding hydrogens is 288 g/mol. The van der Waals surface area contributed by atoms with Gasteiger partial charge in [-0.2, -0.15) is 0 Å². The maximum absolute atomic E-state index is 13.0. The van der Waals surface area contributed by atoms with Gasteiger partial charge in [0.25, 0.3) is 5.91 Å². The Balaban J connectivity index is 1.70. The molecule has 2 atom stereocenters. The smallest absolute Gasteiger partial charge is 0.257 e. The summed E-state index contributed by atoms with van der Waals surface area (Å²) in [5, 5.41) is 3.52. The lowest BCUT2D eigenvalue weighted by Gasteiger charge is -2.39. The summed E-state index contributed by atoms with van der Waals surface area (Å²) in [6.45, 7) is 1.42. The van der Waals surface area contributed by atoms with Crippen molar-refractivity contribution in [3.05, 3.63) is 65.7 Å². The summed E-state index contributed by atoms with van der Waals surface area (Å²) in [6.07, 6.45) is 2.08. The highest BCUT2D eigenvalue weighted by Crippen LogP contribution is 2.33. The minimum absolute atomic E-state index is 0.0729. The van der Waals surface area contributed by atoms with Crippen molar-refractivity contribution in [1.82, 2.24) is 4.90 Å². The number of hydrogen-bond acceptors (Lipinski definition) is 3. The van der Waals surface area contributed by atoms with Crippen LogP contribution in [0.3, 0.4) is 0 Å². The van der Waals surface area contributed by atoms with Crippen LogP contribution in [0.5, 0.6) is 0 Å². The second-order valence-electron chi connectivity index (χ2n) is 6.10. The van der Waals surface area contributed by atoms with Crippen molar-refractivity contribution < 1.29 is 9.53 Å². The van der Waals surface area contributed by atoms with Gasteiger partial charge < -0.3 is 15.0 Å². The zero-order valence-electron chi connectivity index (χ0n) is 12.9. The highest BCUT2D eigenvalue weighted by atomic mass is 16.5. The van der Waals surface area contributed by atoms with Gasteiger partial charge in [-0.05, 0) is 30.5 Å². The molecule has 23 heavy (non-hydrogen) atoms. The quantitative estimate of drug-likeness (QED) is 0.944. The minimum Gasteiger partial charge on any atom is -0.376 e. The normalized spacial score (nSPS) is 23.5. The molecule has 2 aromatic rings. The number of anilines is 1. The molecular formula is C19H20N2O2. The van der Waals surface area contributed by atoms with E-state index in [0.29, 0.717) is 6.54 Å². The van der Waals surface area contributed by atoms with Gasteiger partial charge in [0.05, 0.1) is 11.7 Å². The first-order valence-corrected chi connectivity index (χ1v) is 8.16. The number of amides is 1. The summed E-state index contributed by atoms with van der Waals surface area (Å²) < 4.78 is 5.75. The van der Waals surface area contributed by atoms with Gasteiger partial charge in [-0.3, -0.25) is 4.79 Å². The monoisotopic (exact) mass is 308 g/mol. The highest BCUT2D eigenvalue weighted by Gasteiger charge is 2.34. The van der Waals surface area contributed by atoms with Crippen molar-refractivity contribution in [2.75, 3.05) is 18.5 Å². The molecule has 0 aliphatic carbocycles. The molecule has 0 radical (unpaired) electrons. The summed E-state index contributed by atoms with van der Waals surface area (Å²) in [4.78, 5) is 14.9. The molecule has 0 unspecified atom stereocenters. The summed E-state index contributed by atoms with van der Waals surface area (Å²) in [6, 6.07) is 17.8. The number of fused-ring (bicyclic) bond motifs is 1. The lowest BCUT2D eigenvalue weighted by Crippen LogP contribution is -2.46. The van der Waals surface area contributed by atoms with E-state index in [1.165, 1.54) is 0 Å². The number of nitrogens with zero attached hydrogens (tertiary/aromatic N) is 1. The molecule has 4 nitrogen and oxygen atoms in total.